The fourth-order valence-electron chi connectivity index (χ4n) is 1.49. The molecule has 1 unspecified atom stereocenters. The van der Waals surface area contributed by atoms with Crippen molar-refractivity contribution in [2.24, 2.45) is 0 Å². The molecule has 2 heterocycles. The molecule has 0 saturated heterocycles. The van der Waals surface area contributed by atoms with Gasteiger partial charge in [-0.25, -0.2) is 4.98 Å². The van der Waals surface area contributed by atoms with Crippen molar-refractivity contribution in [1.29, 1.82) is 0 Å². The first-order valence-electron chi connectivity index (χ1n) is 4.62. The number of hydrogen-bond acceptors (Lipinski definition) is 2. The van der Waals surface area contributed by atoms with Crippen LogP contribution in [-0.2, 0) is 6.18 Å². The monoisotopic (exact) mass is 230 g/mol. The molecule has 0 aliphatic carbocycles. The second-order valence-corrected chi connectivity index (χ2v) is 3.50. The number of alkyl halides is 3. The lowest BCUT2D eigenvalue weighted by atomic mass is 10.2. The van der Waals surface area contributed by atoms with Crippen LogP contribution in [0.2, 0.25) is 0 Å². The Hall–Kier alpha value is -1.56. The van der Waals surface area contributed by atoms with E-state index in [-0.39, 0.29) is 5.65 Å². The number of halogens is 3. The molecule has 0 saturated carbocycles. The molecule has 2 aromatic rings. The summed E-state index contributed by atoms with van der Waals surface area (Å²) < 4.78 is 38.6. The molecule has 0 amide bonds. The summed E-state index contributed by atoms with van der Waals surface area (Å²) in [6.07, 6.45) is -2.53. The van der Waals surface area contributed by atoms with E-state index in [1.54, 1.807) is 0 Å². The normalized spacial score (nSPS) is 14.3. The Morgan fingerprint density at radius 3 is 2.69 bits per heavy atom. The molecule has 0 fully saturated rings. The SMILES string of the molecule is CC(O)c1cnc2cc(C(F)(F)F)ccn12. The highest BCUT2D eigenvalue weighted by Crippen LogP contribution is 2.30. The van der Waals surface area contributed by atoms with Crippen LogP contribution in [0.15, 0.2) is 24.5 Å². The quantitative estimate of drug-likeness (QED) is 0.816. The van der Waals surface area contributed by atoms with E-state index in [2.05, 4.69) is 4.98 Å². The number of nitrogens with zero attached hydrogens (tertiary/aromatic N) is 2. The van der Waals surface area contributed by atoms with Crippen LogP contribution < -0.4 is 0 Å². The molecule has 6 heteroatoms. The lowest BCUT2D eigenvalue weighted by Crippen LogP contribution is -2.06. The molecule has 0 aromatic carbocycles. The average Bonchev–Trinajstić information content (AvgIpc) is 2.58. The summed E-state index contributed by atoms with van der Waals surface area (Å²) in [7, 11) is 0. The molecule has 86 valence electrons. The van der Waals surface area contributed by atoms with Crippen molar-refractivity contribution in [2.75, 3.05) is 0 Å². The van der Waals surface area contributed by atoms with E-state index in [0.717, 1.165) is 12.1 Å². The number of pyridine rings is 1. The van der Waals surface area contributed by atoms with Gasteiger partial charge >= 0.3 is 6.18 Å². The van der Waals surface area contributed by atoms with E-state index in [1.165, 1.54) is 23.7 Å². The summed E-state index contributed by atoms with van der Waals surface area (Å²) >= 11 is 0. The molecule has 0 spiro atoms. The maximum Gasteiger partial charge on any atom is 0.416 e. The van der Waals surface area contributed by atoms with E-state index in [0.29, 0.717) is 5.69 Å². The molecule has 1 N–H and O–H groups in total. The minimum absolute atomic E-state index is 0.172. The van der Waals surface area contributed by atoms with E-state index in [1.807, 2.05) is 0 Å². The molecule has 2 rings (SSSR count). The maximum absolute atomic E-state index is 12.4. The lowest BCUT2D eigenvalue weighted by Gasteiger charge is -2.08. The highest BCUT2D eigenvalue weighted by molar-refractivity contribution is 5.44. The van der Waals surface area contributed by atoms with Gasteiger partial charge in [0.2, 0.25) is 0 Å². The first-order chi connectivity index (χ1) is 7.39. The van der Waals surface area contributed by atoms with Gasteiger partial charge in [0, 0.05) is 6.20 Å². The van der Waals surface area contributed by atoms with Gasteiger partial charge in [0.05, 0.1) is 23.6 Å². The highest BCUT2D eigenvalue weighted by Gasteiger charge is 2.30. The molecule has 0 radical (unpaired) electrons. The molecular weight excluding hydrogens is 221 g/mol. The molecule has 0 aliphatic rings. The Kier molecular flexibility index (Phi) is 2.38. The third-order valence-electron chi connectivity index (χ3n) is 2.30. The summed E-state index contributed by atoms with van der Waals surface area (Å²) in [6.45, 7) is 1.53. The van der Waals surface area contributed by atoms with Gasteiger partial charge in [0.25, 0.3) is 0 Å². The third-order valence-corrected chi connectivity index (χ3v) is 2.30. The molecule has 0 aliphatic heterocycles. The topological polar surface area (TPSA) is 37.5 Å². The van der Waals surface area contributed by atoms with Crippen molar-refractivity contribution in [3.05, 3.63) is 35.8 Å². The standard InChI is InChI=1S/C10H9F3N2O/c1-6(16)8-5-14-9-4-7(10(11,12)13)2-3-15(8)9/h2-6,16H,1H3. The van der Waals surface area contributed by atoms with Gasteiger partial charge in [-0.15, -0.1) is 0 Å². The lowest BCUT2D eigenvalue weighted by molar-refractivity contribution is -0.137. The number of rotatable bonds is 1. The summed E-state index contributed by atoms with van der Waals surface area (Å²) in [5.74, 6) is 0. The fraction of sp³-hybridized carbons (Fsp3) is 0.300. The molecule has 3 nitrogen and oxygen atoms in total. The second kappa shape index (κ2) is 3.48. The summed E-state index contributed by atoms with van der Waals surface area (Å²) in [5.41, 5.74) is -0.114. The minimum Gasteiger partial charge on any atom is -0.387 e. The zero-order valence-electron chi connectivity index (χ0n) is 8.36. The van der Waals surface area contributed by atoms with Crippen LogP contribution in [-0.4, -0.2) is 14.5 Å². The Bertz CT molecular complexity index is 516. The molecule has 0 bridgehead atoms. The summed E-state index contributed by atoms with van der Waals surface area (Å²) in [4.78, 5) is 3.82. The number of aromatic nitrogens is 2. The zero-order chi connectivity index (χ0) is 11.9. The first-order valence-corrected chi connectivity index (χ1v) is 4.62. The Morgan fingerprint density at radius 1 is 1.44 bits per heavy atom. The fourth-order valence-corrected chi connectivity index (χ4v) is 1.49. The van der Waals surface area contributed by atoms with Crippen LogP contribution in [0.5, 0.6) is 0 Å². The van der Waals surface area contributed by atoms with Crippen LogP contribution in [0.4, 0.5) is 13.2 Å². The van der Waals surface area contributed by atoms with Gasteiger partial charge in [-0.3, -0.25) is 0 Å². The van der Waals surface area contributed by atoms with E-state index < -0.39 is 17.8 Å². The molecule has 1 atom stereocenters. The van der Waals surface area contributed by atoms with E-state index in [4.69, 9.17) is 0 Å². The number of aliphatic hydroxyl groups is 1. The third kappa shape index (κ3) is 1.76. The zero-order valence-corrected chi connectivity index (χ0v) is 8.36. The smallest absolute Gasteiger partial charge is 0.387 e. The van der Waals surface area contributed by atoms with Gasteiger partial charge in [-0.05, 0) is 19.1 Å². The Balaban J connectivity index is 2.58. The summed E-state index contributed by atoms with van der Waals surface area (Å²) in [6, 6.07) is 1.91. The number of hydrogen-bond donors (Lipinski definition) is 1. The molecule has 2 aromatic heterocycles. The Morgan fingerprint density at radius 2 is 2.12 bits per heavy atom. The van der Waals surface area contributed by atoms with Crippen molar-refractivity contribution in [2.45, 2.75) is 19.2 Å². The molecular formula is C10H9F3N2O. The predicted octanol–water partition coefficient (Wildman–Crippen LogP) is 2.41. The number of fused-ring (bicyclic) bond motifs is 1. The largest absolute Gasteiger partial charge is 0.416 e. The van der Waals surface area contributed by atoms with Crippen molar-refractivity contribution in [1.82, 2.24) is 9.38 Å². The highest BCUT2D eigenvalue weighted by atomic mass is 19.4. The van der Waals surface area contributed by atoms with Gasteiger partial charge in [0.15, 0.2) is 0 Å². The minimum atomic E-state index is -4.38. The first kappa shape index (κ1) is 10.9. The second-order valence-electron chi connectivity index (χ2n) is 3.50. The van der Waals surface area contributed by atoms with Crippen LogP contribution in [0, 0.1) is 0 Å². The van der Waals surface area contributed by atoms with Crippen molar-refractivity contribution >= 4 is 5.65 Å². The van der Waals surface area contributed by atoms with Crippen molar-refractivity contribution in [3.8, 4) is 0 Å². The molecule has 16 heavy (non-hydrogen) atoms. The van der Waals surface area contributed by atoms with E-state index in [9.17, 15) is 18.3 Å². The van der Waals surface area contributed by atoms with Crippen LogP contribution >= 0.6 is 0 Å². The van der Waals surface area contributed by atoms with Gasteiger partial charge in [-0.1, -0.05) is 0 Å². The van der Waals surface area contributed by atoms with Crippen molar-refractivity contribution < 1.29 is 18.3 Å². The predicted molar refractivity (Wildman–Crippen MR) is 50.8 cm³/mol. The van der Waals surface area contributed by atoms with Crippen LogP contribution in [0.1, 0.15) is 24.3 Å². The average molecular weight is 230 g/mol. The van der Waals surface area contributed by atoms with Gasteiger partial charge in [-0.2, -0.15) is 13.2 Å². The number of imidazole rings is 1. The van der Waals surface area contributed by atoms with Crippen LogP contribution in [0.25, 0.3) is 5.65 Å². The van der Waals surface area contributed by atoms with Gasteiger partial charge < -0.3 is 9.51 Å². The maximum atomic E-state index is 12.4. The number of aliphatic hydroxyl groups excluding tert-OH is 1. The summed E-state index contributed by atoms with van der Waals surface area (Å²) in [5, 5.41) is 9.36. The Labute approximate surface area is 89.2 Å². The van der Waals surface area contributed by atoms with E-state index >= 15 is 0 Å². The van der Waals surface area contributed by atoms with Crippen LogP contribution in [0.3, 0.4) is 0 Å². The van der Waals surface area contributed by atoms with Crippen molar-refractivity contribution in [3.63, 3.8) is 0 Å². The van der Waals surface area contributed by atoms with Gasteiger partial charge in [0.1, 0.15) is 5.65 Å².